The molecule has 1 aromatic rings. The van der Waals surface area contributed by atoms with Crippen LogP contribution in [0.15, 0.2) is 23.8 Å². The number of aromatic carboxylic acids is 1. The van der Waals surface area contributed by atoms with Gasteiger partial charge < -0.3 is 14.9 Å². The number of carboxylic acid groups (broad SMARTS) is 1. The fraction of sp³-hybridized carbons (Fsp3) is 0.524. The number of hydrogen-bond donors (Lipinski definition) is 2. The van der Waals surface area contributed by atoms with Gasteiger partial charge in [-0.3, -0.25) is 0 Å². The number of esters is 1. The monoisotopic (exact) mass is 360 g/mol. The van der Waals surface area contributed by atoms with Crippen LogP contribution in [0.1, 0.15) is 79.8 Å². The third kappa shape index (κ3) is 4.26. The van der Waals surface area contributed by atoms with E-state index < -0.39 is 5.97 Å². The number of carbonyl (C=O) groups is 2. The van der Waals surface area contributed by atoms with Gasteiger partial charge in [0.25, 0.3) is 0 Å². The average Bonchev–Trinajstić information content (AvgIpc) is 2.60. The van der Waals surface area contributed by atoms with Crippen molar-refractivity contribution in [3.8, 4) is 5.75 Å². The number of fused-ring (bicyclic) bond motifs is 1. The highest BCUT2D eigenvalue weighted by Crippen LogP contribution is 2.47. The van der Waals surface area contributed by atoms with Gasteiger partial charge in [-0.25, -0.2) is 9.59 Å². The number of ether oxygens (including phenoxy) is 1. The molecule has 2 rings (SSSR count). The molecule has 0 bridgehead atoms. The van der Waals surface area contributed by atoms with Crippen LogP contribution in [0.2, 0.25) is 0 Å². The predicted molar refractivity (Wildman–Crippen MR) is 99.6 cm³/mol. The second kappa shape index (κ2) is 8.39. The van der Waals surface area contributed by atoms with E-state index in [1.54, 1.807) is 13.0 Å². The Labute approximate surface area is 154 Å². The zero-order chi connectivity index (χ0) is 19.4. The molecule has 0 spiro atoms. The van der Waals surface area contributed by atoms with Crippen molar-refractivity contribution in [3.63, 3.8) is 0 Å². The van der Waals surface area contributed by atoms with Crippen LogP contribution in [-0.2, 0) is 9.53 Å². The fourth-order valence-corrected chi connectivity index (χ4v) is 3.96. The molecular weight excluding hydrogens is 332 g/mol. The van der Waals surface area contributed by atoms with E-state index in [9.17, 15) is 19.8 Å². The molecule has 2 N–H and O–H groups in total. The molecule has 3 atom stereocenters. The zero-order valence-corrected chi connectivity index (χ0v) is 15.9. The third-order valence-electron chi connectivity index (χ3n) is 5.51. The molecule has 5 heteroatoms. The summed E-state index contributed by atoms with van der Waals surface area (Å²) in [6, 6.07) is 3.08. The predicted octanol–water partition coefficient (Wildman–Crippen LogP) is 4.61. The van der Waals surface area contributed by atoms with Crippen molar-refractivity contribution in [2.75, 3.05) is 7.11 Å². The van der Waals surface area contributed by atoms with Crippen molar-refractivity contribution in [2.24, 2.45) is 5.92 Å². The Bertz CT molecular complexity index is 719. The maximum atomic E-state index is 11.5. The smallest absolute Gasteiger partial charge is 0.335 e. The van der Waals surface area contributed by atoms with E-state index in [4.69, 9.17) is 4.74 Å². The number of methoxy groups -OCH3 is 1. The summed E-state index contributed by atoms with van der Waals surface area (Å²) in [6.07, 6.45) is 5.47. The Morgan fingerprint density at radius 3 is 2.65 bits per heavy atom. The first-order chi connectivity index (χ1) is 12.3. The Balaban J connectivity index is 2.22. The minimum atomic E-state index is -1.02. The molecule has 1 aromatic carbocycles. The second-order valence-corrected chi connectivity index (χ2v) is 7.32. The van der Waals surface area contributed by atoms with Gasteiger partial charge in [0.1, 0.15) is 5.75 Å². The Hall–Kier alpha value is -2.30. The summed E-state index contributed by atoms with van der Waals surface area (Å²) in [5.74, 6) is -0.511. The summed E-state index contributed by atoms with van der Waals surface area (Å²) < 4.78 is 4.70. The summed E-state index contributed by atoms with van der Waals surface area (Å²) >= 11 is 0. The zero-order valence-electron chi connectivity index (χ0n) is 15.9. The highest BCUT2D eigenvalue weighted by Gasteiger charge is 2.31. The van der Waals surface area contributed by atoms with Crippen LogP contribution in [0.25, 0.3) is 0 Å². The molecule has 0 fully saturated rings. The van der Waals surface area contributed by atoms with Crippen LogP contribution in [-0.4, -0.2) is 29.3 Å². The summed E-state index contributed by atoms with van der Waals surface area (Å²) in [5, 5.41) is 19.7. The van der Waals surface area contributed by atoms with E-state index in [1.807, 2.05) is 6.08 Å². The van der Waals surface area contributed by atoms with Crippen molar-refractivity contribution in [1.29, 1.82) is 0 Å². The first-order valence-corrected chi connectivity index (χ1v) is 9.11. The minimum Gasteiger partial charge on any atom is -0.508 e. The number of carbonyl (C=O) groups excluding carboxylic acids is 1. The second-order valence-electron chi connectivity index (χ2n) is 7.32. The van der Waals surface area contributed by atoms with Crippen LogP contribution in [0.3, 0.4) is 0 Å². The number of rotatable bonds is 6. The van der Waals surface area contributed by atoms with E-state index in [-0.39, 0.29) is 29.1 Å². The van der Waals surface area contributed by atoms with E-state index in [0.29, 0.717) is 11.5 Å². The van der Waals surface area contributed by atoms with Gasteiger partial charge in [-0.05, 0) is 68.1 Å². The molecule has 0 unspecified atom stereocenters. The lowest BCUT2D eigenvalue weighted by Crippen LogP contribution is -2.19. The average molecular weight is 360 g/mol. The number of phenolic OH excluding ortho intramolecular Hbond substituents is 1. The van der Waals surface area contributed by atoms with Gasteiger partial charge in [0, 0.05) is 11.1 Å². The van der Waals surface area contributed by atoms with E-state index in [2.05, 4.69) is 13.8 Å². The van der Waals surface area contributed by atoms with Crippen LogP contribution in [0.5, 0.6) is 5.75 Å². The number of aromatic hydroxyl groups is 1. The Morgan fingerprint density at radius 1 is 1.35 bits per heavy atom. The number of hydrogen-bond acceptors (Lipinski definition) is 4. The molecule has 0 aromatic heterocycles. The Morgan fingerprint density at radius 2 is 2.04 bits per heavy atom. The molecule has 0 aliphatic heterocycles. The molecule has 0 amide bonds. The molecule has 0 saturated carbocycles. The summed E-state index contributed by atoms with van der Waals surface area (Å²) in [6.45, 7) is 5.96. The van der Waals surface area contributed by atoms with Gasteiger partial charge in [-0.15, -0.1) is 0 Å². The number of phenols is 1. The van der Waals surface area contributed by atoms with Gasteiger partial charge in [-0.1, -0.05) is 19.9 Å². The highest BCUT2D eigenvalue weighted by atomic mass is 16.5. The molecule has 0 radical (unpaired) electrons. The molecule has 1 aliphatic carbocycles. The standard InChI is InChI=1S/C21H28O5/c1-12(6-5-7-14(3)21(25)26-4)16-9-8-13(2)19-17(16)10-15(20(23)24)11-18(19)22/h7,10-13,16,22H,5-6,8-9H2,1-4H3,(H,23,24)/b14-7+/t12-,13+,16-/m0/s1. The number of carboxylic acids is 1. The molecule has 142 valence electrons. The third-order valence-corrected chi connectivity index (χ3v) is 5.51. The van der Waals surface area contributed by atoms with Gasteiger partial charge in [0.2, 0.25) is 0 Å². The molecule has 5 nitrogen and oxygen atoms in total. The molecular formula is C21H28O5. The summed E-state index contributed by atoms with van der Waals surface area (Å²) in [7, 11) is 1.37. The normalized spacial score (nSPS) is 21.0. The lowest BCUT2D eigenvalue weighted by Gasteiger charge is -2.34. The van der Waals surface area contributed by atoms with E-state index in [1.165, 1.54) is 13.2 Å². The van der Waals surface area contributed by atoms with Crippen molar-refractivity contribution in [3.05, 3.63) is 40.5 Å². The number of benzene rings is 1. The van der Waals surface area contributed by atoms with Crippen molar-refractivity contribution in [1.82, 2.24) is 0 Å². The largest absolute Gasteiger partial charge is 0.508 e. The van der Waals surface area contributed by atoms with Gasteiger partial charge >= 0.3 is 11.9 Å². The lowest BCUT2D eigenvalue weighted by molar-refractivity contribution is -0.136. The van der Waals surface area contributed by atoms with Crippen LogP contribution in [0.4, 0.5) is 0 Å². The van der Waals surface area contributed by atoms with Crippen LogP contribution in [0, 0.1) is 5.92 Å². The number of allylic oxidation sites excluding steroid dienone is 1. The van der Waals surface area contributed by atoms with E-state index in [0.717, 1.165) is 36.8 Å². The quantitative estimate of drug-likeness (QED) is 0.572. The maximum absolute atomic E-state index is 11.5. The molecule has 1 aliphatic rings. The van der Waals surface area contributed by atoms with Crippen LogP contribution >= 0.6 is 0 Å². The first kappa shape index (κ1) is 20.0. The first-order valence-electron chi connectivity index (χ1n) is 9.11. The SMILES string of the molecule is COC(=O)/C(C)=C/CC[C@H](C)[C@@H]1CC[C@@H](C)c2c(O)cc(C(=O)O)cc21. The van der Waals surface area contributed by atoms with E-state index >= 15 is 0 Å². The highest BCUT2D eigenvalue weighted by molar-refractivity contribution is 5.89. The molecule has 26 heavy (non-hydrogen) atoms. The van der Waals surface area contributed by atoms with Crippen LogP contribution < -0.4 is 0 Å². The molecule has 0 heterocycles. The van der Waals surface area contributed by atoms with Crippen molar-refractivity contribution >= 4 is 11.9 Å². The van der Waals surface area contributed by atoms with Gasteiger partial charge in [0.05, 0.1) is 12.7 Å². The van der Waals surface area contributed by atoms with Gasteiger partial charge in [-0.2, -0.15) is 0 Å². The topological polar surface area (TPSA) is 83.8 Å². The molecule has 0 saturated heterocycles. The summed E-state index contributed by atoms with van der Waals surface area (Å²) in [4.78, 5) is 22.8. The lowest BCUT2D eigenvalue weighted by atomic mass is 9.71. The fourth-order valence-electron chi connectivity index (χ4n) is 3.96. The Kier molecular flexibility index (Phi) is 6.46. The van der Waals surface area contributed by atoms with Crippen molar-refractivity contribution < 1.29 is 24.5 Å². The van der Waals surface area contributed by atoms with Gasteiger partial charge in [0.15, 0.2) is 0 Å². The minimum absolute atomic E-state index is 0.0886. The summed E-state index contributed by atoms with van der Waals surface area (Å²) in [5.41, 5.74) is 2.58. The van der Waals surface area contributed by atoms with Crippen molar-refractivity contribution in [2.45, 2.75) is 58.3 Å². The maximum Gasteiger partial charge on any atom is 0.335 e.